The van der Waals surface area contributed by atoms with E-state index < -0.39 is 0 Å². The number of methoxy groups -OCH3 is 1. The molecule has 0 atom stereocenters. The standard InChI is InChI=1S/C19H29N3O4.HI/c1-4-20-19(21-13-15-7-6-8-16(25-3)17(15)23)22-11-9-14(10-12-22)18(24)26-5-2;/h6-8,14,23H,4-5,9-13H2,1-3H3,(H,20,21);1H. The maximum absolute atomic E-state index is 11.9. The van der Waals surface area contributed by atoms with Crippen molar-refractivity contribution in [3.05, 3.63) is 23.8 Å². The maximum Gasteiger partial charge on any atom is 0.309 e. The minimum atomic E-state index is -0.101. The van der Waals surface area contributed by atoms with Crippen molar-refractivity contribution < 1.29 is 19.4 Å². The van der Waals surface area contributed by atoms with Gasteiger partial charge >= 0.3 is 5.97 Å². The van der Waals surface area contributed by atoms with Gasteiger partial charge in [0.25, 0.3) is 0 Å². The molecular weight excluding hydrogens is 461 g/mol. The van der Waals surface area contributed by atoms with Crippen LogP contribution in [0, 0.1) is 5.92 Å². The minimum absolute atomic E-state index is 0. The molecule has 1 saturated heterocycles. The smallest absolute Gasteiger partial charge is 0.309 e. The van der Waals surface area contributed by atoms with Gasteiger partial charge in [0.1, 0.15) is 0 Å². The molecule has 0 aromatic heterocycles. The Morgan fingerprint density at radius 3 is 2.63 bits per heavy atom. The van der Waals surface area contributed by atoms with Crippen molar-refractivity contribution in [1.29, 1.82) is 0 Å². The molecule has 152 valence electrons. The zero-order valence-corrected chi connectivity index (χ0v) is 18.6. The van der Waals surface area contributed by atoms with Gasteiger partial charge in [-0.05, 0) is 32.8 Å². The van der Waals surface area contributed by atoms with Gasteiger partial charge in [0.15, 0.2) is 17.5 Å². The molecule has 8 heteroatoms. The van der Waals surface area contributed by atoms with Gasteiger partial charge in [-0.2, -0.15) is 0 Å². The van der Waals surface area contributed by atoms with Crippen molar-refractivity contribution in [3.8, 4) is 11.5 Å². The van der Waals surface area contributed by atoms with E-state index in [0.29, 0.717) is 24.5 Å². The number of hydrogen-bond donors (Lipinski definition) is 2. The molecule has 1 aromatic carbocycles. The van der Waals surface area contributed by atoms with Crippen molar-refractivity contribution in [1.82, 2.24) is 10.2 Å². The number of para-hydroxylation sites is 1. The van der Waals surface area contributed by atoms with E-state index in [-0.39, 0.29) is 41.6 Å². The number of carbonyl (C=O) groups is 1. The van der Waals surface area contributed by atoms with Crippen LogP contribution in [0.1, 0.15) is 32.3 Å². The number of carbonyl (C=O) groups excluding carboxylic acids is 1. The van der Waals surface area contributed by atoms with E-state index >= 15 is 0 Å². The third kappa shape index (κ3) is 6.44. The number of esters is 1. The summed E-state index contributed by atoms with van der Waals surface area (Å²) >= 11 is 0. The molecule has 1 heterocycles. The highest BCUT2D eigenvalue weighted by Gasteiger charge is 2.27. The number of rotatable bonds is 6. The van der Waals surface area contributed by atoms with Gasteiger partial charge in [0, 0.05) is 25.2 Å². The molecule has 0 bridgehead atoms. The van der Waals surface area contributed by atoms with E-state index in [0.717, 1.165) is 38.4 Å². The third-order valence-corrected chi connectivity index (χ3v) is 4.45. The average molecular weight is 491 g/mol. The number of aliphatic imine (C=N–C) groups is 1. The summed E-state index contributed by atoms with van der Waals surface area (Å²) in [5.41, 5.74) is 0.709. The van der Waals surface area contributed by atoms with Crippen LogP contribution in [0.4, 0.5) is 0 Å². The first-order valence-electron chi connectivity index (χ1n) is 9.15. The zero-order chi connectivity index (χ0) is 18.9. The summed E-state index contributed by atoms with van der Waals surface area (Å²) < 4.78 is 10.3. The molecule has 0 saturated carbocycles. The predicted octanol–water partition coefficient (Wildman–Crippen LogP) is 2.76. The van der Waals surface area contributed by atoms with Crippen molar-refractivity contribution in [2.45, 2.75) is 33.2 Å². The summed E-state index contributed by atoms with van der Waals surface area (Å²) in [6, 6.07) is 5.38. The second-order valence-corrected chi connectivity index (χ2v) is 6.15. The Balaban J connectivity index is 0.00000364. The highest BCUT2D eigenvalue weighted by Crippen LogP contribution is 2.29. The Morgan fingerprint density at radius 2 is 2.04 bits per heavy atom. The summed E-state index contributed by atoms with van der Waals surface area (Å²) in [7, 11) is 1.53. The monoisotopic (exact) mass is 491 g/mol. The van der Waals surface area contributed by atoms with Gasteiger partial charge in [-0.15, -0.1) is 24.0 Å². The summed E-state index contributed by atoms with van der Waals surface area (Å²) in [6.07, 6.45) is 1.52. The van der Waals surface area contributed by atoms with Crippen molar-refractivity contribution in [2.24, 2.45) is 10.9 Å². The van der Waals surface area contributed by atoms with Gasteiger partial charge in [-0.25, -0.2) is 4.99 Å². The Kier molecular flexibility index (Phi) is 10.3. The first kappa shape index (κ1) is 23.3. The number of guanidine groups is 1. The molecular formula is C19H30IN3O4. The molecule has 0 aliphatic carbocycles. The predicted molar refractivity (Wildman–Crippen MR) is 116 cm³/mol. The molecule has 0 amide bonds. The van der Waals surface area contributed by atoms with Crippen LogP contribution in [0.2, 0.25) is 0 Å². The first-order valence-corrected chi connectivity index (χ1v) is 9.15. The number of ether oxygens (including phenoxy) is 2. The van der Waals surface area contributed by atoms with Crippen LogP contribution in [0.3, 0.4) is 0 Å². The molecule has 1 aliphatic rings. The third-order valence-electron chi connectivity index (χ3n) is 4.45. The molecule has 7 nitrogen and oxygen atoms in total. The molecule has 1 fully saturated rings. The summed E-state index contributed by atoms with van der Waals surface area (Å²) in [5, 5.41) is 13.5. The molecule has 0 radical (unpaired) electrons. The molecule has 2 N–H and O–H groups in total. The van der Waals surface area contributed by atoms with E-state index in [1.165, 1.54) is 7.11 Å². The van der Waals surface area contributed by atoms with Crippen molar-refractivity contribution in [3.63, 3.8) is 0 Å². The van der Waals surface area contributed by atoms with Crippen LogP contribution in [0.5, 0.6) is 11.5 Å². The number of likely N-dealkylation sites (tertiary alicyclic amines) is 1. The van der Waals surface area contributed by atoms with Crippen molar-refractivity contribution in [2.75, 3.05) is 33.4 Å². The first-order chi connectivity index (χ1) is 12.6. The number of halogens is 1. The summed E-state index contributed by atoms with van der Waals surface area (Å²) in [4.78, 5) is 18.7. The molecule has 1 aromatic rings. The topological polar surface area (TPSA) is 83.4 Å². The average Bonchev–Trinajstić information content (AvgIpc) is 2.66. The van der Waals surface area contributed by atoms with E-state index in [2.05, 4.69) is 15.2 Å². The largest absolute Gasteiger partial charge is 0.504 e. The summed E-state index contributed by atoms with van der Waals surface area (Å²) in [6.45, 7) is 6.87. The number of piperidine rings is 1. The van der Waals surface area contributed by atoms with Crippen LogP contribution in [-0.2, 0) is 16.1 Å². The van der Waals surface area contributed by atoms with Gasteiger partial charge in [0.2, 0.25) is 0 Å². The van der Waals surface area contributed by atoms with Gasteiger partial charge in [-0.3, -0.25) is 4.79 Å². The SMILES string of the molecule is CCNC(=NCc1cccc(OC)c1O)N1CCC(C(=O)OCC)CC1.I. The Labute approximate surface area is 178 Å². The Bertz CT molecular complexity index is 631. The lowest BCUT2D eigenvalue weighted by Gasteiger charge is -2.33. The van der Waals surface area contributed by atoms with E-state index in [4.69, 9.17) is 9.47 Å². The lowest BCUT2D eigenvalue weighted by molar-refractivity contribution is -0.149. The fraction of sp³-hybridized carbons (Fsp3) is 0.579. The van der Waals surface area contributed by atoms with Gasteiger partial charge < -0.3 is 24.8 Å². The number of benzene rings is 1. The van der Waals surface area contributed by atoms with Gasteiger partial charge in [-0.1, -0.05) is 12.1 Å². The van der Waals surface area contributed by atoms with Crippen LogP contribution in [0.25, 0.3) is 0 Å². The lowest BCUT2D eigenvalue weighted by Crippen LogP contribution is -2.46. The summed E-state index contributed by atoms with van der Waals surface area (Å²) in [5.74, 6) is 1.22. The lowest BCUT2D eigenvalue weighted by atomic mass is 9.97. The number of phenols is 1. The number of hydrogen-bond acceptors (Lipinski definition) is 5. The fourth-order valence-corrected chi connectivity index (χ4v) is 3.03. The second-order valence-electron chi connectivity index (χ2n) is 6.15. The molecule has 1 aliphatic heterocycles. The van der Waals surface area contributed by atoms with E-state index in [1.807, 2.05) is 26.0 Å². The highest BCUT2D eigenvalue weighted by molar-refractivity contribution is 14.0. The van der Waals surface area contributed by atoms with E-state index in [9.17, 15) is 9.90 Å². The number of nitrogens with one attached hydrogen (secondary N) is 1. The normalized spacial score (nSPS) is 15.1. The van der Waals surface area contributed by atoms with Crippen LogP contribution >= 0.6 is 24.0 Å². The minimum Gasteiger partial charge on any atom is -0.504 e. The quantitative estimate of drug-likeness (QED) is 0.276. The zero-order valence-electron chi connectivity index (χ0n) is 16.2. The van der Waals surface area contributed by atoms with Crippen molar-refractivity contribution >= 4 is 35.9 Å². The second kappa shape index (κ2) is 11.9. The highest BCUT2D eigenvalue weighted by atomic mass is 127. The van der Waals surface area contributed by atoms with E-state index in [1.54, 1.807) is 6.07 Å². The molecule has 0 unspecified atom stereocenters. The Hall–Kier alpha value is -1.71. The number of nitrogens with zero attached hydrogens (tertiary/aromatic N) is 2. The van der Waals surface area contributed by atoms with Crippen LogP contribution in [-0.4, -0.2) is 55.3 Å². The maximum atomic E-state index is 11.9. The van der Waals surface area contributed by atoms with Gasteiger partial charge in [0.05, 0.1) is 26.2 Å². The number of aromatic hydroxyl groups is 1. The Morgan fingerprint density at radius 1 is 1.33 bits per heavy atom. The molecule has 27 heavy (non-hydrogen) atoms. The fourth-order valence-electron chi connectivity index (χ4n) is 3.03. The molecule has 2 rings (SSSR count). The molecule has 0 spiro atoms. The number of phenolic OH excluding ortho intramolecular Hbond substituents is 1. The van der Waals surface area contributed by atoms with Crippen LogP contribution in [0.15, 0.2) is 23.2 Å². The van der Waals surface area contributed by atoms with Crippen LogP contribution < -0.4 is 10.1 Å².